The number of nitrogens with zero attached hydrogens (tertiary/aromatic N) is 2. The van der Waals surface area contributed by atoms with Crippen molar-refractivity contribution in [2.75, 3.05) is 38.5 Å². The molecule has 2 fully saturated rings. The van der Waals surface area contributed by atoms with Crippen LogP contribution >= 0.6 is 0 Å². The Morgan fingerprint density at radius 2 is 1.86 bits per heavy atom. The summed E-state index contributed by atoms with van der Waals surface area (Å²) in [5, 5.41) is 0.975. The minimum Gasteiger partial charge on any atom is -0.494 e. The molecule has 6 nitrogen and oxygen atoms in total. The van der Waals surface area contributed by atoms with Crippen LogP contribution in [0.2, 0.25) is 0 Å². The fraction of sp³-hybridized carbons (Fsp3) is 0.571. The first-order valence-corrected chi connectivity index (χ1v) is 11.8. The Labute approximate surface area is 168 Å². The summed E-state index contributed by atoms with van der Waals surface area (Å²) in [6, 6.07) is 7.46. The minimum atomic E-state index is -3.19. The fourth-order valence-corrected chi connectivity index (χ4v) is 4.64. The van der Waals surface area contributed by atoms with Crippen molar-refractivity contribution in [2.24, 2.45) is 0 Å². The maximum Gasteiger partial charge on any atom is 0.254 e. The largest absolute Gasteiger partial charge is 0.494 e. The molecule has 0 aliphatic carbocycles. The molecule has 0 saturated carbocycles. The topological polar surface area (TPSA) is 66.9 Å². The Hall–Kier alpha value is -1.86. The predicted octanol–water partition coefficient (Wildman–Crippen LogP) is 2.71. The second-order valence-electron chi connectivity index (χ2n) is 7.56. The second kappa shape index (κ2) is 9.56. The molecule has 154 valence electrons. The molecule has 2 saturated heterocycles. The highest BCUT2D eigenvalue weighted by atomic mass is 32.2. The van der Waals surface area contributed by atoms with Gasteiger partial charge in [0.25, 0.3) is 5.91 Å². The summed E-state index contributed by atoms with van der Waals surface area (Å²) in [6.45, 7) is 7.72. The first-order valence-electron chi connectivity index (χ1n) is 10.1. The van der Waals surface area contributed by atoms with Crippen molar-refractivity contribution >= 4 is 15.7 Å². The van der Waals surface area contributed by atoms with Crippen LogP contribution in [0.25, 0.3) is 0 Å². The molecule has 1 atom stereocenters. The van der Waals surface area contributed by atoms with E-state index in [9.17, 15) is 13.2 Å². The number of carbonyl (C=O) groups excluding carboxylic acids is 1. The van der Waals surface area contributed by atoms with E-state index in [0.29, 0.717) is 30.4 Å². The number of rotatable bonds is 9. The number of amides is 1. The number of hydrogen-bond donors (Lipinski definition) is 0. The van der Waals surface area contributed by atoms with Crippen LogP contribution < -0.4 is 4.74 Å². The van der Waals surface area contributed by atoms with Gasteiger partial charge in [-0.3, -0.25) is 4.79 Å². The smallest absolute Gasteiger partial charge is 0.254 e. The molecule has 1 aromatic carbocycles. The molecular weight excluding hydrogens is 376 g/mol. The van der Waals surface area contributed by atoms with Crippen LogP contribution in [-0.2, 0) is 9.84 Å². The van der Waals surface area contributed by atoms with Gasteiger partial charge in [0, 0.05) is 30.1 Å². The van der Waals surface area contributed by atoms with Gasteiger partial charge >= 0.3 is 0 Å². The van der Waals surface area contributed by atoms with E-state index in [1.165, 1.54) is 12.8 Å². The van der Waals surface area contributed by atoms with Crippen molar-refractivity contribution in [1.29, 1.82) is 0 Å². The van der Waals surface area contributed by atoms with Gasteiger partial charge in [-0.25, -0.2) is 8.42 Å². The number of benzene rings is 1. The molecule has 0 N–H and O–H groups in total. The first-order chi connectivity index (χ1) is 13.5. The first kappa shape index (κ1) is 20.9. The summed E-state index contributed by atoms with van der Waals surface area (Å²) in [6.07, 6.45) is 5.08. The van der Waals surface area contributed by atoms with Crippen LogP contribution in [0.4, 0.5) is 0 Å². The summed E-state index contributed by atoms with van der Waals surface area (Å²) in [4.78, 5) is 17.4. The van der Waals surface area contributed by atoms with Crippen LogP contribution in [0.3, 0.4) is 0 Å². The van der Waals surface area contributed by atoms with Crippen LogP contribution in [0.5, 0.6) is 5.75 Å². The zero-order chi connectivity index (χ0) is 20.0. The lowest BCUT2D eigenvalue weighted by Crippen LogP contribution is -2.42. The molecule has 1 unspecified atom stereocenters. The zero-order valence-electron chi connectivity index (χ0n) is 16.4. The molecule has 1 aromatic rings. The summed E-state index contributed by atoms with van der Waals surface area (Å²) >= 11 is 0. The van der Waals surface area contributed by atoms with Gasteiger partial charge < -0.3 is 14.5 Å². The lowest BCUT2D eigenvalue weighted by molar-refractivity contribution is 0.0708. The van der Waals surface area contributed by atoms with E-state index in [4.69, 9.17) is 4.74 Å². The van der Waals surface area contributed by atoms with E-state index in [-0.39, 0.29) is 11.7 Å². The molecule has 28 heavy (non-hydrogen) atoms. The van der Waals surface area contributed by atoms with Crippen molar-refractivity contribution in [1.82, 2.24) is 9.80 Å². The van der Waals surface area contributed by atoms with E-state index in [2.05, 4.69) is 11.5 Å². The maximum atomic E-state index is 12.9. The Morgan fingerprint density at radius 1 is 1.14 bits per heavy atom. The van der Waals surface area contributed by atoms with Crippen LogP contribution in [0.1, 0.15) is 42.5 Å². The Kier molecular flexibility index (Phi) is 7.13. The number of likely N-dealkylation sites (tertiary alicyclic amines) is 2. The molecule has 3 rings (SSSR count). The van der Waals surface area contributed by atoms with Gasteiger partial charge in [0.2, 0.25) is 0 Å². The number of ether oxygens (including phenoxy) is 1. The molecule has 1 amide bonds. The molecular formula is C21H30N2O4S. The predicted molar refractivity (Wildman–Crippen MR) is 110 cm³/mol. The molecule has 2 aliphatic rings. The van der Waals surface area contributed by atoms with Crippen molar-refractivity contribution in [3.8, 4) is 5.75 Å². The standard InChI is InChI=1S/C21H30N2O4S/c1-2-28(25,26)16-6-15-27-20-10-8-18(9-11-20)21(24)23-14-5-7-19(23)17-22-12-3-4-13-22/h2,8-11,19H,1,3-7,12-17H2. The van der Waals surface area contributed by atoms with E-state index in [1.807, 2.05) is 4.90 Å². The zero-order valence-corrected chi connectivity index (χ0v) is 17.2. The average Bonchev–Trinajstić information content (AvgIpc) is 3.38. The van der Waals surface area contributed by atoms with Gasteiger partial charge in [0.15, 0.2) is 9.84 Å². The maximum absolute atomic E-state index is 12.9. The van der Waals surface area contributed by atoms with Gasteiger partial charge in [-0.15, -0.1) is 0 Å². The average molecular weight is 407 g/mol. The van der Waals surface area contributed by atoms with Gasteiger partial charge in [0.05, 0.1) is 12.4 Å². The summed E-state index contributed by atoms with van der Waals surface area (Å²) < 4.78 is 28.3. The molecule has 0 radical (unpaired) electrons. The third-order valence-electron chi connectivity index (χ3n) is 5.50. The summed E-state index contributed by atoms with van der Waals surface area (Å²) in [5.41, 5.74) is 0.676. The van der Waals surface area contributed by atoms with Crippen molar-refractivity contribution in [2.45, 2.75) is 38.1 Å². The molecule has 0 spiro atoms. The van der Waals surface area contributed by atoms with E-state index in [1.54, 1.807) is 24.3 Å². The lowest BCUT2D eigenvalue weighted by Gasteiger charge is -2.28. The highest BCUT2D eigenvalue weighted by Gasteiger charge is 2.31. The highest BCUT2D eigenvalue weighted by molar-refractivity contribution is 7.94. The van der Waals surface area contributed by atoms with Crippen LogP contribution in [0, 0.1) is 0 Å². The Balaban J connectivity index is 1.50. The van der Waals surface area contributed by atoms with Crippen molar-refractivity contribution in [3.05, 3.63) is 41.8 Å². The van der Waals surface area contributed by atoms with Crippen molar-refractivity contribution < 1.29 is 17.9 Å². The van der Waals surface area contributed by atoms with Crippen LogP contribution in [0.15, 0.2) is 36.3 Å². The van der Waals surface area contributed by atoms with Gasteiger partial charge in [-0.05, 0) is 69.5 Å². The monoisotopic (exact) mass is 406 g/mol. The summed E-state index contributed by atoms with van der Waals surface area (Å²) in [5.74, 6) is 0.758. The number of hydrogen-bond acceptors (Lipinski definition) is 5. The van der Waals surface area contributed by atoms with E-state index < -0.39 is 9.84 Å². The highest BCUT2D eigenvalue weighted by Crippen LogP contribution is 2.23. The second-order valence-corrected chi connectivity index (χ2v) is 9.63. The minimum absolute atomic E-state index is 0.0282. The quantitative estimate of drug-likeness (QED) is 0.590. The third kappa shape index (κ3) is 5.58. The lowest BCUT2D eigenvalue weighted by atomic mass is 10.1. The van der Waals surface area contributed by atoms with Gasteiger partial charge in [-0.2, -0.15) is 0 Å². The van der Waals surface area contributed by atoms with Gasteiger partial charge in [0.1, 0.15) is 5.75 Å². The molecule has 7 heteroatoms. The Morgan fingerprint density at radius 3 is 2.54 bits per heavy atom. The molecule has 2 aliphatic heterocycles. The van der Waals surface area contributed by atoms with Gasteiger partial charge in [-0.1, -0.05) is 6.58 Å². The molecule has 0 bridgehead atoms. The van der Waals surface area contributed by atoms with E-state index >= 15 is 0 Å². The Bertz CT molecular complexity index is 770. The third-order valence-corrected chi connectivity index (χ3v) is 6.87. The molecule has 0 aromatic heterocycles. The van der Waals surface area contributed by atoms with Crippen molar-refractivity contribution in [3.63, 3.8) is 0 Å². The SMILES string of the molecule is C=CS(=O)(=O)CCCOc1ccc(C(=O)N2CCCC2CN2CCCC2)cc1. The summed E-state index contributed by atoms with van der Waals surface area (Å²) in [7, 11) is -3.19. The molecule has 2 heterocycles. The number of sulfone groups is 1. The van der Waals surface area contributed by atoms with Crippen LogP contribution in [-0.4, -0.2) is 68.7 Å². The van der Waals surface area contributed by atoms with E-state index in [0.717, 1.165) is 44.4 Å². The normalized spacial score (nSPS) is 20.4. The number of carbonyl (C=O) groups is 1. The fourth-order valence-electron chi connectivity index (χ4n) is 3.95.